The van der Waals surface area contributed by atoms with Crippen molar-refractivity contribution in [1.82, 2.24) is 4.72 Å². The fraction of sp³-hybridized carbons (Fsp3) is 0.483. The lowest BCUT2D eigenvalue weighted by Crippen LogP contribution is -2.36. The molecule has 2 heterocycles. The Bertz CT molecular complexity index is 1320. The van der Waals surface area contributed by atoms with E-state index >= 15 is 0 Å². The van der Waals surface area contributed by atoms with Crippen LogP contribution < -0.4 is 20.3 Å². The molecule has 2 aliphatic heterocycles. The third-order valence-corrected chi connectivity index (χ3v) is 9.53. The first-order valence-electron chi connectivity index (χ1n) is 13.9. The summed E-state index contributed by atoms with van der Waals surface area (Å²) < 4.78 is 34.3. The maximum Gasteiger partial charge on any atom is 0.258 e. The number of ether oxygens (including phenoxy) is 1. The Hall–Kier alpha value is -2.88. The molecule has 202 valence electrons. The van der Waals surface area contributed by atoms with E-state index in [0.29, 0.717) is 29.3 Å². The monoisotopic (exact) mass is 536 g/mol. The highest BCUT2D eigenvalue weighted by Crippen LogP contribution is 2.41. The summed E-state index contributed by atoms with van der Waals surface area (Å²) >= 11 is 0. The number of benzene rings is 2. The molecule has 0 aromatic heterocycles. The molecule has 6 rings (SSSR count). The number of allylic oxidation sites excluding steroid dienone is 1. The standard InChI is InChI=1S/C29H36N4O4S/c34-29-27(25-18-24(12-13-26(25)32-29)38(35,36)30-19-20-6-7-20)28(21-4-2-1-3-5-21)31-22-8-10-23(11-9-22)33-14-16-37-17-15-33/h8-13,18,20-21,30-31H,1-7,14-17,19H2,(H,32,34)/b28-27-. The predicted octanol–water partition coefficient (Wildman–Crippen LogP) is 4.57. The van der Waals surface area contributed by atoms with Crippen molar-refractivity contribution in [3.63, 3.8) is 0 Å². The highest BCUT2D eigenvalue weighted by Gasteiger charge is 2.33. The van der Waals surface area contributed by atoms with Crippen molar-refractivity contribution in [2.45, 2.75) is 49.8 Å². The van der Waals surface area contributed by atoms with Crippen LogP contribution in [0.2, 0.25) is 0 Å². The van der Waals surface area contributed by atoms with E-state index < -0.39 is 10.0 Å². The maximum absolute atomic E-state index is 13.4. The fourth-order valence-corrected chi connectivity index (χ4v) is 6.85. The summed E-state index contributed by atoms with van der Waals surface area (Å²) in [6.45, 7) is 3.69. The molecule has 2 aromatic rings. The summed E-state index contributed by atoms with van der Waals surface area (Å²) in [6.07, 6.45) is 7.58. The highest BCUT2D eigenvalue weighted by molar-refractivity contribution is 7.89. The van der Waals surface area contributed by atoms with E-state index in [1.54, 1.807) is 18.2 Å². The number of carbonyl (C=O) groups excluding carboxylic acids is 1. The van der Waals surface area contributed by atoms with E-state index in [1.807, 2.05) is 0 Å². The van der Waals surface area contributed by atoms with Crippen LogP contribution in [0.3, 0.4) is 0 Å². The van der Waals surface area contributed by atoms with Gasteiger partial charge in [-0.1, -0.05) is 19.3 Å². The van der Waals surface area contributed by atoms with Crippen molar-refractivity contribution in [2.75, 3.05) is 48.4 Å². The van der Waals surface area contributed by atoms with Crippen molar-refractivity contribution in [3.8, 4) is 0 Å². The Kier molecular flexibility index (Phi) is 7.16. The van der Waals surface area contributed by atoms with Gasteiger partial charge in [0.05, 0.1) is 23.7 Å². The van der Waals surface area contributed by atoms with Crippen LogP contribution in [-0.4, -0.2) is 47.2 Å². The number of carbonyl (C=O) groups is 1. The molecular formula is C29H36N4O4S. The number of hydrogen-bond acceptors (Lipinski definition) is 6. The smallest absolute Gasteiger partial charge is 0.258 e. The van der Waals surface area contributed by atoms with Gasteiger partial charge >= 0.3 is 0 Å². The molecular weight excluding hydrogens is 500 g/mol. The molecule has 38 heavy (non-hydrogen) atoms. The minimum absolute atomic E-state index is 0.182. The summed E-state index contributed by atoms with van der Waals surface area (Å²) in [5.41, 5.74) is 4.84. The molecule has 2 aliphatic carbocycles. The quantitative estimate of drug-likeness (QED) is 0.428. The van der Waals surface area contributed by atoms with E-state index in [-0.39, 0.29) is 16.7 Å². The molecule has 9 heteroatoms. The predicted molar refractivity (Wildman–Crippen MR) is 150 cm³/mol. The number of hydrogen-bond donors (Lipinski definition) is 3. The number of anilines is 3. The molecule has 2 aromatic carbocycles. The molecule has 0 spiro atoms. The average molecular weight is 537 g/mol. The van der Waals surface area contributed by atoms with Gasteiger partial charge in [0.15, 0.2) is 0 Å². The van der Waals surface area contributed by atoms with E-state index in [1.165, 1.54) is 6.42 Å². The number of fused-ring (bicyclic) bond motifs is 1. The Morgan fingerprint density at radius 1 is 0.974 bits per heavy atom. The van der Waals surface area contributed by atoms with Gasteiger partial charge in [0.2, 0.25) is 10.0 Å². The van der Waals surface area contributed by atoms with Crippen LogP contribution in [0, 0.1) is 11.8 Å². The van der Waals surface area contributed by atoms with Gasteiger partial charge in [0, 0.05) is 48.0 Å². The summed E-state index contributed by atoms with van der Waals surface area (Å²) in [7, 11) is -3.65. The van der Waals surface area contributed by atoms with Gasteiger partial charge in [-0.05, 0) is 80.0 Å². The maximum atomic E-state index is 13.4. The summed E-state index contributed by atoms with van der Waals surface area (Å²) in [5, 5.41) is 6.58. The normalized spacial score (nSPS) is 21.7. The molecule has 0 atom stereocenters. The second-order valence-electron chi connectivity index (χ2n) is 10.9. The lowest BCUT2D eigenvalue weighted by Gasteiger charge is -2.29. The molecule has 3 N–H and O–H groups in total. The SMILES string of the molecule is O=C1Nc2ccc(S(=O)(=O)NCC3CC3)cc2/C1=C(/Nc1ccc(N2CCOCC2)cc1)C1CCCCC1. The number of sulfonamides is 1. The van der Waals surface area contributed by atoms with Gasteiger partial charge in [-0.2, -0.15) is 0 Å². The largest absolute Gasteiger partial charge is 0.378 e. The Labute approximate surface area is 224 Å². The molecule has 4 aliphatic rings. The Morgan fingerprint density at radius 2 is 1.71 bits per heavy atom. The number of amides is 1. The van der Waals surface area contributed by atoms with Crippen LogP contribution in [0.4, 0.5) is 17.1 Å². The third-order valence-electron chi connectivity index (χ3n) is 8.11. The van der Waals surface area contributed by atoms with Crippen molar-refractivity contribution in [1.29, 1.82) is 0 Å². The van der Waals surface area contributed by atoms with Gasteiger partial charge in [-0.15, -0.1) is 0 Å². The molecule has 1 amide bonds. The highest BCUT2D eigenvalue weighted by atomic mass is 32.2. The Balaban J connectivity index is 1.34. The van der Waals surface area contributed by atoms with Crippen molar-refractivity contribution >= 4 is 38.6 Å². The van der Waals surface area contributed by atoms with E-state index in [0.717, 1.165) is 81.9 Å². The van der Waals surface area contributed by atoms with Crippen LogP contribution in [0.25, 0.3) is 5.57 Å². The van der Waals surface area contributed by atoms with Crippen LogP contribution in [0.15, 0.2) is 53.1 Å². The number of rotatable bonds is 8. The zero-order valence-electron chi connectivity index (χ0n) is 21.7. The van der Waals surface area contributed by atoms with E-state index in [4.69, 9.17) is 4.74 Å². The number of morpholine rings is 1. The second kappa shape index (κ2) is 10.7. The van der Waals surface area contributed by atoms with Gasteiger partial charge in [0.25, 0.3) is 5.91 Å². The van der Waals surface area contributed by atoms with Gasteiger partial charge in [-0.3, -0.25) is 4.79 Å². The van der Waals surface area contributed by atoms with E-state index in [9.17, 15) is 13.2 Å². The van der Waals surface area contributed by atoms with Crippen LogP contribution in [0.5, 0.6) is 0 Å². The molecule has 0 radical (unpaired) electrons. The molecule has 3 fully saturated rings. The zero-order valence-corrected chi connectivity index (χ0v) is 22.5. The average Bonchev–Trinajstić information content (AvgIpc) is 3.73. The fourth-order valence-electron chi connectivity index (χ4n) is 5.71. The van der Waals surface area contributed by atoms with Crippen LogP contribution in [0.1, 0.15) is 50.5 Å². The van der Waals surface area contributed by atoms with E-state index in [2.05, 4.69) is 44.5 Å². The molecule has 2 saturated carbocycles. The molecule has 0 unspecified atom stereocenters. The van der Waals surface area contributed by atoms with Crippen molar-refractivity contribution in [2.24, 2.45) is 11.8 Å². The summed E-state index contributed by atoms with van der Waals surface area (Å²) in [6, 6.07) is 13.3. The minimum Gasteiger partial charge on any atom is -0.378 e. The first-order valence-corrected chi connectivity index (χ1v) is 15.4. The molecule has 0 bridgehead atoms. The zero-order chi connectivity index (χ0) is 26.1. The molecule has 8 nitrogen and oxygen atoms in total. The third kappa shape index (κ3) is 5.46. The van der Waals surface area contributed by atoms with Crippen LogP contribution in [-0.2, 0) is 19.6 Å². The van der Waals surface area contributed by atoms with Gasteiger partial charge in [0.1, 0.15) is 0 Å². The first-order chi connectivity index (χ1) is 18.5. The van der Waals surface area contributed by atoms with Gasteiger partial charge < -0.3 is 20.3 Å². The lowest BCUT2D eigenvalue weighted by molar-refractivity contribution is -0.110. The van der Waals surface area contributed by atoms with Gasteiger partial charge in [-0.25, -0.2) is 13.1 Å². The molecule has 1 saturated heterocycles. The summed E-state index contributed by atoms with van der Waals surface area (Å²) in [5.74, 6) is 0.468. The van der Waals surface area contributed by atoms with Crippen molar-refractivity contribution < 1.29 is 17.9 Å². The lowest BCUT2D eigenvalue weighted by atomic mass is 9.84. The Morgan fingerprint density at radius 3 is 2.42 bits per heavy atom. The first kappa shape index (κ1) is 25.4. The second-order valence-corrected chi connectivity index (χ2v) is 12.6. The number of nitrogens with zero attached hydrogens (tertiary/aromatic N) is 1. The van der Waals surface area contributed by atoms with Crippen LogP contribution >= 0.6 is 0 Å². The number of nitrogens with one attached hydrogen (secondary N) is 3. The minimum atomic E-state index is -3.65. The summed E-state index contributed by atoms with van der Waals surface area (Å²) in [4.78, 5) is 15.9. The van der Waals surface area contributed by atoms with Crippen molar-refractivity contribution in [3.05, 3.63) is 53.7 Å². The topological polar surface area (TPSA) is 99.8 Å².